The maximum Gasteiger partial charge on any atom is 0.241 e. The van der Waals surface area contributed by atoms with Gasteiger partial charge in [0.05, 0.1) is 16.4 Å². The zero-order valence-corrected chi connectivity index (χ0v) is 24.0. The van der Waals surface area contributed by atoms with Crippen molar-refractivity contribution in [1.29, 1.82) is 0 Å². The molecule has 0 radical (unpaired) electrons. The van der Waals surface area contributed by atoms with E-state index >= 15 is 0 Å². The molecule has 10 heteroatoms. The van der Waals surface area contributed by atoms with Crippen molar-refractivity contribution >= 4 is 33.0 Å². The van der Waals surface area contributed by atoms with Crippen LogP contribution in [-0.4, -0.2) is 28.9 Å². The summed E-state index contributed by atoms with van der Waals surface area (Å²) in [5.74, 6) is 0.709. The van der Waals surface area contributed by atoms with Gasteiger partial charge >= 0.3 is 0 Å². The monoisotopic (exact) mass is 563 g/mol. The lowest BCUT2D eigenvalue weighted by molar-refractivity contribution is -0.119. The van der Waals surface area contributed by atoms with E-state index in [1.54, 1.807) is 46.8 Å². The number of nitrogens with one attached hydrogen (secondary N) is 1. The second kappa shape index (κ2) is 11.4. The van der Waals surface area contributed by atoms with E-state index < -0.39 is 10.0 Å². The highest BCUT2D eigenvalue weighted by molar-refractivity contribution is 7.89. The maximum atomic E-state index is 13.7. The summed E-state index contributed by atoms with van der Waals surface area (Å²) in [6, 6.07) is 12.5. The van der Waals surface area contributed by atoms with Crippen LogP contribution >= 0.6 is 11.3 Å². The number of rotatable bonds is 9. The first-order valence-corrected chi connectivity index (χ1v) is 15.5. The molecule has 0 saturated heterocycles. The highest BCUT2D eigenvalue weighted by atomic mass is 32.2. The fourth-order valence-electron chi connectivity index (χ4n) is 5.07. The number of carbonyl (C=O) groups is 1. The Labute approximate surface area is 233 Å². The number of anilines is 1. The van der Waals surface area contributed by atoms with Crippen LogP contribution in [0.4, 0.5) is 5.69 Å². The minimum atomic E-state index is -3.71. The van der Waals surface area contributed by atoms with Gasteiger partial charge in [0, 0.05) is 55.1 Å². The van der Waals surface area contributed by atoms with Crippen LogP contribution in [0.25, 0.3) is 0 Å². The molecule has 2 atom stereocenters. The fraction of sp³-hybridized carbons (Fsp3) is 0.345. The molecule has 0 saturated carbocycles. The molecule has 0 unspecified atom stereocenters. The second-order valence-electron chi connectivity index (χ2n) is 10.2. The van der Waals surface area contributed by atoms with E-state index in [0.29, 0.717) is 19.4 Å². The molecule has 5 rings (SSSR count). The van der Waals surface area contributed by atoms with Gasteiger partial charge in [-0.25, -0.2) is 23.1 Å². The highest BCUT2D eigenvalue weighted by Crippen LogP contribution is 2.35. The number of hydrogen-bond donors (Lipinski definition) is 1. The number of thiazole rings is 1. The van der Waals surface area contributed by atoms with Crippen molar-refractivity contribution in [2.45, 2.75) is 62.9 Å². The number of fused-ring (bicyclic) bond motifs is 1. The number of aryl methyl sites for hydroxylation is 3. The molecule has 8 nitrogen and oxygen atoms in total. The van der Waals surface area contributed by atoms with E-state index in [4.69, 9.17) is 0 Å². The lowest BCUT2D eigenvalue weighted by Crippen LogP contribution is -2.34. The third-order valence-corrected chi connectivity index (χ3v) is 9.70. The number of sulfonamides is 1. The number of aromatic nitrogens is 3. The minimum absolute atomic E-state index is 0.0205. The quantitative estimate of drug-likeness (QED) is 0.299. The van der Waals surface area contributed by atoms with Gasteiger partial charge in [0.2, 0.25) is 15.9 Å². The van der Waals surface area contributed by atoms with Crippen LogP contribution in [0.15, 0.2) is 71.3 Å². The normalized spacial score (nSPS) is 16.0. The van der Waals surface area contributed by atoms with E-state index in [2.05, 4.69) is 14.7 Å². The van der Waals surface area contributed by atoms with Gasteiger partial charge < -0.3 is 9.47 Å². The Morgan fingerprint density at radius 1 is 1.21 bits per heavy atom. The van der Waals surface area contributed by atoms with E-state index in [9.17, 15) is 13.2 Å². The molecule has 2 heterocycles. The van der Waals surface area contributed by atoms with E-state index in [0.717, 1.165) is 46.1 Å². The molecule has 0 bridgehead atoms. The first kappa shape index (κ1) is 27.2. The van der Waals surface area contributed by atoms with Crippen molar-refractivity contribution in [2.75, 3.05) is 4.90 Å². The molecular formula is C29H33N5O3S2. The summed E-state index contributed by atoms with van der Waals surface area (Å²) in [6.07, 6.45) is 8.09. The summed E-state index contributed by atoms with van der Waals surface area (Å²) in [6.45, 7) is 4.20. The lowest BCUT2D eigenvalue weighted by Gasteiger charge is -2.30. The predicted octanol–water partition coefficient (Wildman–Crippen LogP) is 5.27. The maximum absolute atomic E-state index is 13.7. The highest BCUT2D eigenvalue weighted by Gasteiger charge is 2.28. The zero-order valence-electron chi connectivity index (χ0n) is 22.4. The van der Waals surface area contributed by atoms with Crippen molar-refractivity contribution in [3.63, 3.8) is 0 Å². The van der Waals surface area contributed by atoms with Gasteiger partial charge in [-0.05, 0) is 67.1 Å². The summed E-state index contributed by atoms with van der Waals surface area (Å²) in [7, 11) is -1.80. The summed E-state index contributed by atoms with van der Waals surface area (Å²) in [5.41, 5.74) is 3.64. The SMILES string of the molecule is Cc1cccc(S(=O)(=O)N[C@@H]2CCCc3ccc(N(Cc4nccn4C)C(=O)C[C@@H](C)c4nccs4)cc32)c1. The molecular weight excluding hydrogens is 530 g/mol. The number of amides is 1. The predicted molar refractivity (Wildman–Crippen MR) is 153 cm³/mol. The number of hydrogen-bond acceptors (Lipinski definition) is 6. The Morgan fingerprint density at radius 3 is 2.77 bits per heavy atom. The average Bonchev–Trinajstić information content (AvgIpc) is 3.59. The Hall–Kier alpha value is -3.34. The van der Waals surface area contributed by atoms with Crippen molar-refractivity contribution in [3.05, 3.63) is 94.0 Å². The zero-order chi connectivity index (χ0) is 27.6. The third kappa shape index (κ3) is 6.13. The number of benzene rings is 2. The fourth-order valence-corrected chi connectivity index (χ4v) is 7.12. The standard InChI is InChI=1S/C29H33N5O3S2/c1-20-6-4-8-24(16-20)39(36,37)32-26-9-5-7-22-10-11-23(18-25(22)26)34(19-27-30-12-14-33(27)3)28(35)17-21(2)29-31-13-15-38-29/h4,6,8,10-16,18,21,26,32H,5,7,9,17,19H2,1-3H3/t21-,26-/m1/s1. The summed E-state index contributed by atoms with van der Waals surface area (Å²) >= 11 is 1.55. The first-order valence-electron chi connectivity index (χ1n) is 13.1. The van der Waals surface area contributed by atoms with E-state index in [1.807, 2.05) is 61.3 Å². The van der Waals surface area contributed by atoms with Crippen molar-refractivity contribution in [3.8, 4) is 0 Å². The van der Waals surface area contributed by atoms with Gasteiger partial charge in [-0.2, -0.15) is 0 Å². The molecule has 39 heavy (non-hydrogen) atoms. The summed E-state index contributed by atoms with van der Waals surface area (Å²) < 4.78 is 31.4. The van der Waals surface area contributed by atoms with Crippen LogP contribution in [0.2, 0.25) is 0 Å². The molecule has 204 valence electrons. The Bertz CT molecular complexity index is 1560. The molecule has 1 aliphatic carbocycles. The molecule has 2 aromatic heterocycles. The van der Waals surface area contributed by atoms with Gasteiger partial charge in [0.25, 0.3) is 0 Å². The van der Waals surface area contributed by atoms with Crippen LogP contribution in [0.1, 0.15) is 65.7 Å². The largest absolute Gasteiger partial charge is 0.337 e. The average molecular weight is 564 g/mol. The van der Waals surface area contributed by atoms with Crippen LogP contribution in [-0.2, 0) is 34.8 Å². The summed E-state index contributed by atoms with van der Waals surface area (Å²) in [4.78, 5) is 24.6. The third-order valence-electron chi connectivity index (χ3n) is 7.23. The first-order chi connectivity index (χ1) is 18.7. The Morgan fingerprint density at radius 2 is 2.05 bits per heavy atom. The molecule has 0 spiro atoms. The van der Waals surface area contributed by atoms with Gasteiger partial charge in [0.15, 0.2) is 0 Å². The Kier molecular flexibility index (Phi) is 7.97. The topological polar surface area (TPSA) is 97.2 Å². The molecule has 4 aromatic rings. The molecule has 1 N–H and O–H groups in total. The van der Waals surface area contributed by atoms with E-state index in [1.165, 1.54) is 0 Å². The van der Waals surface area contributed by atoms with E-state index in [-0.39, 0.29) is 22.8 Å². The number of nitrogens with zero attached hydrogens (tertiary/aromatic N) is 4. The minimum Gasteiger partial charge on any atom is -0.337 e. The van der Waals surface area contributed by atoms with Crippen LogP contribution in [0.3, 0.4) is 0 Å². The van der Waals surface area contributed by atoms with Crippen molar-refractivity contribution in [1.82, 2.24) is 19.3 Å². The van der Waals surface area contributed by atoms with Crippen molar-refractivity contribution < 1.29 is 13.2 Å². The van der Waals surface area contributed by atoms with Gasteiger partial charge in [-0.15, -0.1) is 11.3 Å². The van der Waals surface area contributed by atoms with Gasteiger partial charge in [-0.1, -0.05) is 25.1 Å². The molecule has 0 fully saturated rings. The van der Waals surface area contributed by atoms with Crippen LogP contribution < -0.4 is 9.62 Å². The van der Waals surface area contributed by atoms with Gasteiger partial charge in [0.1, 0.15) is 5.82 Å². The number of imidazole rings is 1. The smallest absolute Gasteiger partial charge is 0.241 e. The van der Waals surface area contributed by atoms with Crippen molar-refractivity contribution in [2.24, 2.45) is 7.05 Å². The molecule has 0 aliphatic heterocycles. The number of carbonyl (C=O) groups excluding carboxylic acids is 1. The Balaban J connectivity index is 1.46. The molecule has 2 aromatic carbocycles. The molecule has 1 aliphatic rings. The summed E-state index contributed by atoms with van der Waals surface area (Å²) in [5, 5.41) is 2.85. The second-order valence-corrected chi connectivity index (χ2v) is 12.8. The molecule has 1 amide bonds. The lowest BCUT2D eigenvalue weighted by atomic mass is 9.87. The van der Waals surface area contributed by atoms with Crippen LogP contribution in [0.5, 0.6) is 0 Å². The van der Waals surface area contributed by atoms with Gasteiger partial charge in [-0.3, -0.25) is 4.79 Å². The van der Waals surface area contributed by atoms with Crippen LogP contribution in [0, 0.1) is 6.92 Å².